The lowest BCUT2D eigenvalue weighted by Gasteiger charge is -2.22. The molecule has 5 nitrogen and oxygen atoms in total. The van der Waals surface area contributed by atoms with E-state index in [9.17, 15) is 4.79 Å². The summed E-state index contributed by atoms with van der Waals surface area (Å²) in [5, 5.41) is 10.3. The van der Waals surface area contributed by atoms with Crippen molar-refractivity contribution in [3.8, 4) is 0 Å². The first-order chi connectivity index (χ1) is 10.2. The van der Waals surface area contributed by atoms with E-state index in [0.717, 1.165) is 22.7 Å². The monoisotopic (exact) mass is 323 g/mol. The molecule has 112 valence electrons. The topological polar surface area (TPSA) is 68.0 Å². The lowest BCUT2D eigenvalue weighted by molar-refractivity contribution is -0.133. The average Bonchev–Trinajstić information content (AvgIpc) is 2.84. The van der Waals surface area contributed by atoms with Crippen molar-refractivity contribution >= 4 is 40.5 Å². The van der Waals surface area contributed by atoms with Crippen LogP contribution in [0.25, 0.3) is 11.0 Å². The molecule has 1 aliphatic rings. The minimum Gasteiger partial charge on any atom is -0.481 e. The van der Waals surface area contributed by atoms with Gasteiger partial charge in [-0.1, -0.05) is 18.2 Å². The van der Waals surface area contributed by atoms with Crippen LogP contribution in [0.15, 0.2) is 23.6 Å². The van der Waals surface area contributed by atoms with Crippen LogP contribution < -0.4 is 0 Å². The van der Waals surface area contributed by atoms with Gasteiger partial charge in [0.1, 0.15) is 5.52 Å². The molecule has 7 heteroatoms. The molecule has 1 N–H and O–H groups in total. The molecule has 1 unspecified atom stereocenters. The molecular formula is C14H17N3O2S2. The van der Waals surface area contributed by atoms with Crippen molar-refractivity contribution in [1.82, 2.24) is 14.5 Å². The third-order valence-corrected chi connectivity index (χ3v) is 5.84. The van der Waals surface area contributed by atoms with Gasteiger partial charge in [-0.2, -0.15) is 11.8 Å². The number of carboxylic acids is 1. The minimum atomic E-state index is -0.816. The maximum absolute atomic E-state index is 10.8. The minimum absolute atomic E-state index is 0.0363. The van der Waals surface area contributed by atoms with E-state index in [1.807, 2.05) is 17.8 Å². The number of hydrogen-bond acceptors (Lipinski definition) is 5. The Hall–Kier alpha value is -1.21. The number of fused-ring (bicyclic) bond motifs is 1. The van der Waals surface area contributed by atoms with Gasteiger partial charge in [0.2, 0.25) is 0 Å². The molecule has 0 aromatic carbocycles. The number of nitrogens with zero attached hydrogens (tertiary/aromatic N) is 3. The SMILES string of the molecule is O=C(O)CSc1nc2cnccc2n1CC1CCCCS1. The van der Waals surface area contributed by atoms with Crippen molar-refractivity contribution in [1.29, 1.82) is 0 Å². The van der Waals surface area contributed by atoms with Gasteiger partial charge in [0.25, 0.3) is 0 Å². The highest BCUT2D eigenvalue weighted by Crippen LogP contribution is 2.30. The van der Waals surface area contributed by atoms with Gasteiger partial charge in [-0.05, 0) is 24.7 Å². The van der Waals surface area contributed by atoms with Crippen LogP contribution in [0.1, 0.15) is 19.3 Å². The van der Waals surface area contributed by atoms with Gasteiger partial charge in [-0.15, -0.1) is 0 Å². The molecule has 3 rings (SSSR count). The second kappa shape index (κ2) is 6.70. The quantitative estimate of drug-likeness (QED) is 0.853. The van der Waals surface area contributed by atoms with Crippen molar-refractivity contribution in [3.05, 3.63) is 18.5 Å². The standard InChI is InChI=1S/C14H17N3O2S2/c18-13(19)9-21-14-16-11-7-15-5-4-12(11)17(14)8-10-3-1-2-6-20-10/h4-5,7,10H,1-3,6,8-9H2,(H,18,19). The Morgan fingerprint density at radius 2 is 2.43 bits per heavy atom. The van der Waals surface area contributed by atoms with E-state index in [1.165, 1.54) is 36.8 Å². The van der Waals surface area contributed by atoms with E-state index in [2.05, 4.69) is 14.5 Å². The third kappa shape index (κ3) is 3.52. The van der Waals surface area contributed by atoms with Crippen LogP contribution in [0.3, 0.4) is 0 Å². The van der Waals surface area contributed by atoms with Crippen LogP contribution in [-0.4, -0.2) is 42.4 Å². The zero-order valence-electron chi connectivity index (χ0n) is 11.6. The van der Waals surface area contributed by atoms with E-state index in [4.69, 9.17) is 5.11 Å². The van der Waals surface area contributed by atoms with Crippen molar-refractivity contribution in [2.75, 3.05) is 11.5 Å². The van der Waals surface area contributed by atoms with Crippen molar-refractivity contribution in [3.63, 3.8) is 0 Å². The second-order valence-electron chi connectivity index (χ2n) is 5.04. The van der Waals surface area contributed by atoms with E-state index < -0.39 is 5.97 Å². The van der Waals surface area contributed by atoms with Gasteiger partial charge in [-0.3, -0.25) is 9.78 Å². The van der Waals surface area contributed by atoms with Gasteiger partial charge in [0, 0.05) is 18.0 Å². The first-order valence-electron chi connectivity index (χ1n) is 7.00. The highest BCUT2D eigenvalue weighted by molar-refractivity contribution is 8.00. The third-order valence-electron chi connectivity index (χ3n) is 3.50. The molecule has 0 spiro atoms. The Morgan fingerprint density at radius 1 is 1.52 bits per heavy atom. The molecule has 21 heavy (non-hydrogen) atoms. The van der Waals surface area contributed by atoms with Gasteiger partial charge < -0.3 is 9.67 Å². The molecular weight excluding hydrogens is 306 g/mol. The number of aliphatic carboxylic acids is 1. The summed E-state index contributed by atoms with van der Waals surface area (Å²) < 4.78 is 2.16. The highest BCUT2D eigenvalue weighted by Gasteiger charge is 2.19. The zero-order valence-corrected chi connectivity index (χ0v) is 13.2. The fraction of sp³-hybridized carbons (Fsp3) is 0.500. The van der Waals surface area contributed by atoms with Crippen LogP contribution in [-0.2, 0) is 11.3 Å². The van der Waals surface area contributed by atoms with E-state index in [1.54, 1.807) is 12.4 Å². The molecule has 2 aromatic rings. The van der Waals surface area contributed by atoms with Gasteiger partial charge in [0.15, 0.2) is 5.16 Å². The van der Waals surface area contributed by atoms with Gasteiger partial charge >= 0.3 is 5.97 Å². The molecule has 0 saturated carbocycles. The molecule has 1 fully saturated rings. The molecule has 1 atom stereocenters. The van der Waals surface area contributed by atoms with Crippen LogP contribution >= 0.6 is 23.5 Å². The first-order valence-corrected chi connectivity index (χ1v) is 9.04. The molecule has 0 amide bonds. The number of carboxylic acid groups (broad SMARTS) is 1. The molecule has 0 radical (unpaired) electrons. The van der Waals surface area contributed by atoms with Crippen LogP contribution in [0.2, 0.25) is 0 Å². The predicted molar refractivity (Wildman–Crippen MR) is 86.0 cm³/mol. The van der Waals surface area contributed by atoms with Gasteiger partial charge in [-0.25, -0.2) is 4.98 Å². The lowest BCUT2D eigenvalue weighted by atomic mass is 10.2. The Morgan fingerprint density at radius 3 is 3.19 bits per heavy atom. The number of imidazole rings is 1. The molecule has 0 aliphatic carbocycles. The molecule has 1 saturated heterocycles. The molecule has 1 aliphatic heterocycles. The Kier molecular flexibility index (Phi) is 4.70. The highest BCUT2D eigenvalue weighted by atomic mass is 32.2. The van der Waals surface area contributed by atoms with Crippen molar-refractivity contribution < 1.29 is 9.90 Å². The Labute approximate surface area is 131 Å². The average molecular weight is 323 g/mol. The summed E-state index contributed by atoms with van der Waals surface area (Å²) in [6.45, 7) is 0.896. The summed E-state index contributed by atoms with van der Waals surface area (Å²) in [6.07, 6.45) is 7.31. The number of aromatic nitrogens is 3. The number of thioether (sulfide) groups is 2. The number of rotatable bonds is 5. The van der Waals surface area contributed by atoms with Gasteiger partial charge in [0.05, 0.1) is 17.5 Å². The lowest BCUT2D eigenvalue weighted by Crippen LogP contribution is -2.17. The van der Waals surface area contributed by atoms with E-state index >= 15 is 0 Å². The summed E-state index contributed by atoms with van der Waals surface area (Å²) in [5.74, 6) is 0.439. The van der Waals surface area contributed by atoms with E-state index in [0.29, 0.717) is 5.25 Å². The molecule has 2 aromatic heterocycles. The van der Waals surface area contributed by atoms with E-state index in [-0.39, 0.29) is 5.75 Å². The van der Waals surface area contributed by atoms with Crippen LogP contribution in [0.4, 0.5) is 0 Å². The normalized spacial score (nSPS) is 19.0. The maximum Gasteiger partial charge on any atom is 0.313 e. The summed E-state index contributed by atoms with van der Waals surface area (Å²) in [5.41, 5.74) is 1.88. The summed E-state index contributed by atoms with van der Waals surface area (Å²) in [6, 6.07) is 1.96. The summed E-state index contributed by atoms with van der Waals surface area (Å²) >= 11 is 3.30. The fourth-order valence-corrected chi connectivity index (χ4v) is 4.56. The number of pyridine rings is 1. The summed E-state index contributed by atoms with van der Waals surface area (Å²) in [7, 11) is 0. The van der Waals surface area contributed by atoms with Crippen molar-refractivity contribution in [2.45, 2.75) is 36.2 Å². The number of carbonyl (C=O) groups is 1. The smallest absolute Gasteiger partial charge is 0.313 e. The maximum atomic E-state index is 10.8. The van der Waals surface area contributed by atoms with Crippen LogP contribution in [0, 0.1) is 0 Å². The second-order valence-corrected chi connectivity index (χ2v) is 7.39. The number of hydrogen-bond donors (Lipinski definition) is 1. The zero-order chi connectivity index (χ0) is 14.7. The Balaban J connectivity index is 1.88. The molecule has 3 heterocycles. The molecule has 0 bridgehead atoms. The fourth-order valence-electron chi connectivity index (χ4n) is 2.53. The predicted octanol–water partition coefficient (Wildman–Crippen LogP) is 2.89. The first kappa shape index (κ1) is 14.7. The largest absolute Gasteiger partial charge is 0.481 e. The summed E-state index contributed by atoms with van der Waals surface area (Å²) in [4.78, 5) is 19.5. The van der Waals surface area contributed by atoms with Crippen LogP contribution in [0.5, 0.6) is 0 Å². The van der Waals surface area contributed by atoms with Crippen molar-refractivity contribution in [2.24, 2.45) is 0 Å². The Bertz CT molecular complexity index is 638.